The Labute approximate surface area is 111 Å². The molecule has 2 aromatic rings. The summed E-state index contributed by atoms with van der Waals surface area (Å²) in [6, 6.07) is 8.49. The first kappa shape index (κ1) is 12.8. The number of rotatable bonds is 3. The van der Waals surface area contributed by atoms with Crippen LogP contribution in [0.2, 0.25) is 0 Å². The lowest BCUT2D eigenvalue weighted by molar-refractivity contribution is -0.139. The molecule has 0 saturated heterocycles. The zero-order valence-electron chi connectivity index (χ0n) is 10.8. The third-order valence-corrected chi connectivity index (χ3v) is 3.89. The molecule has 0 atom stereocenters. The number of thiophene rings is 1. The van der Waals surface area contributed by atoms with Crippen LogP contribution in [-0.2, 0) is 16.0 Å². The van der Waals surface area contributed by atoms with Gasteiger partial charge in [0.15, 0.2) is 0 Å². The fraction of sp³-hybridized carbons (Fsp3) is 0.267. The van der Waals surface area contributed by atoms with Gasteiger partial charge in [-0.1, -0.05) is 23.8 Å². The number of benzene rings is 1. The molecule has 0 amide bonds. The quantitative estimate of drug-likeness (QED) is 0.786. The van der Waals surface area contributed by atoms with Crippen LogP contribution in [0.25, 0.3) is 10.4 Å². The Balaban J connectivity index is 2.26. The minimum Gasteiger partial charge on any atom is -0.469 e. The van der Waals surface area contributed by atoms with Crippen LogP contribution in [0, 0.1) is 13.8 Å². The standard InChI is InChI=1S/C15H16O2S/c1-10-4-5-13(11(2)6-10)14-7-12(9-18-14)8-15(16)17-3/h4-7,9H,8H2,1-3H3. The third kappa shape index (κ3) is 2.79. The van der Waals surface area contributed by atoms with Crippen molar-refractivity contribution >= 4 is 17.3 Å². The highest BCUT2D eigenvalue weighted by atomic mass is 32.1. The molecule has 0 saturated carbocycles. The molecular weight excluding hydrogens is 244 g/mol. The zero-order chi connectivity index (χ0) is 13.1. The molecule has 0 N–H and O–H groups in total. The van der Waals surface area contributed by atoms with Gasteiger partial charge < -0.3 is 4.74 Å². The van der Waals surface area contributed by atoms with E-state index in [9.17, 15) is 4.79 Å². The summed E-state index contributed by atoms with van der Waals surface area (Å²) in [5, 5.41) is 2.02. The second-order valence-corrected chi connectivity index (χ2v) is 5.30. The Morgan fingerprint density at radius 2 is 2.06 bits per heavy atom. The average molecular weight is 260 g/mol. The molecule has 0 radical (unpaired) electrons. The molecule has 18 heavy (non-hydrogen) atoms. The third-order valence-electron chi connectivity index (χ3n) is 2.88. The maximum atomic E-state index is 11.2. The molecule has 94 valence electrons. The van der Waals surface area contributed by atoms with Gasteiger partial charge in [0.25, 0.3) is 0 Å². The predicted molar refractivity (Wildman–Crippen MR) is 74.9 cm³/mol. The van der Waals surface area contributed by atoms with E-state index >= 15 is 0 Å². The molecule has 2 nitrogen and oxygen atoms in total. The van der Waals surface area contributed by atoms with Crippen LogP contribution in [-0.4, -0.2) is 13.1 Å². The maximum Gasteiger partial charge on any atom is 0.310 e. The van der Waals surface area contributed by atoms with Crippen molar-refractivity contribution in [3.05, 3.63) is 46.3 Å². The van der Waals surface area contributed by atoms with Crippen molar-refractivity contribution in [3.8, 4) is 10.4 Å². The monoisotopic (exact) mass is 260 g/mol. The molecule has 0 spiro atoms. The Morgan fingerprint density at radius 3 is 2.72 bits per heavy atom. The molecule has 3 heteroatoms. The lowest BCUT2D eigenvalue weighted by Crippen LogP contribution is -2.03. The Bertz CT molecular complexity index is 570. The summed E-state index contributed by atoms with van der Waals surface area (Å²) in [5.74, 6) is -0.194. The molecular formula is C15H16O2S. The molecule has 0 fully saturated rings. The van der Waals surface area contributed by atoms with Crippen molar-refractivity contribution in [1.82, 2.24) is 0 Å². The van der Waals surface area contributed by atoms with E-state index in [1.165, 1.54) is 28.7 Å². The van der Waals surface area contributed by atoms with Gasteiger partial charge in [-0.3, -0.25) is 4.79 Å². The van der Waals surface area contributed by atoms with E-state index in [-0.39, 0.29) is 5.97 Å². The van der Waals surface area contributed by atoms with Crippen LogP contribution < -0.4 is 0 Å². The second-order valence-electron chi connectivity index (χ2n) is 4.39. The fourth-order valence-electron chi connectivity index (χ4n) is 1.94. The van der Waals surface area contributed by atoms with Crippen molar-refractivity contribution < 1.29 is 9.53 Å². The highest BCUT2D eigenvalue weighted by molar-refractivity contribution is 7.13. The van der Waals surface area contributed by atoms with E-state index in [0.29, 0.717) is 6.42 Å². The molecule has 2 rings (SSSR count). The van der Waals surface area contributed by atoms with E-state index < -0.39 is 0 Å². The van der Waals surface area contributed by atoms with Crippen LogP contribution in [0.5, 0.6) is 0 Å². The lowest BCUT2D eigenvalue weighted by Gasteiger charge is -2.04. The molecule has 0 aliphatic carbocycles. The van der Waals surface area contributed by atoms with Crippen LogP contribution in [0.3, 0.4) is 0 Å². The fourth-order valence-corrected chi connectivity index (χ4v) is 2.94. The van der Waals surface area contributed by atoms with Gasteiger partial charge in [0, 0.05) is 4.88 Å². The average Bonchev–Trinajstić information content (AvgIpc) is 2.77. The minimum absolute atomic E-state index is 0.194. The summed E-state index contributed by atoms with van der Waals surface area (Å²) in [7, 11) is 1.42. The van der Waals surface area contributed by atoms with Crippen molar-refractivity contribution in [3.63, 3.8) is 0 Å². The number of hydrogen-bond donors (Lipinski definition) is 0. The summed E-state index contributed by atoms with van der Waals surface area (Å²) in [6.45, 7) is 4.20. The summed E-state index contributed by atoms with van der Waals surface area (Å²) in [6.07, 6.45) is 0.345. The van der Waals surface area contributed by atoms with E-state index in [0.717, 1.165) is 5.56 Å². The van der Waals surface area contributed by atoms with Gasteiger partial charge in [-0.05, 0) is 42.0 Å². The zero-order valence-corrected chi connectivity index (χ0v) is 11.6. The Hall–Kier alpha value is -1.61. The Kier molecular flexibility index (Phi) is 3.82. The summed E-state index contributed by atoms with van der Waals surface area (Å²) in [5.41, 5.74) is 4.78. The molecule has 1 heterocycles. The van der Waals surface area contributed by atoms with Crippen LogP contribution in [0.15, 0.2) is 29.6 Å². The highest BCUT2D eigenvalue weighted by Gasteiger charge is 2.08. The molecule has 0 aliphatic heterocycles. The highest BCUT2D eigenvalue weighted by Crippen LogP contribution is 2.30. The smallest absolute Gasteiger partial charge is 0.310 e. The van der Waals surface area contributed by atoms with Gasteiger partial charge in [0.05, 0.1) is 13.5 Å². The number of methoxy groups -OCH3 is 1. The number of hydrogen-bond acceptors (Lipinski definition) is 3. The summed E-state index contributed by atoms with van der Waals surface area (Å²) in [4.78, 5) is 12.4. The Morgan fingerprint density at radius 1 is 1.28 bits per heavy atom. The number of esters is 1. The van der Waals surface area contributed by atoms with Gasteiger partial charge in [0.2, 0.25) is 0 Å². The van der Waals surface area contributed by atoms with E-state index in [2.05, 4.69) is 42.8 Å². The summed E-state index contributed by atoms with van der Waals surface area (Å²) >= 11 is 1.67. The van der Waals surface area contributed by atoms with Gasteiger partial charge in [-0.15, -0.1) is 11.3 Å². The van der Waals surface area contributed by atoms with Gasteiger partial charge in [-0.2, -0.15) is 0 Å². The van der Waals surface area contributed by atoms with Crippen LogP contribution >= 0.6 is 11.3 Å². The first-order valence-electron chi connectivity index (χ1n) is 5.82. The van der Waals surface area contributed by atoms with Crippen molar-refractivity contribution in [2.24, 2.45) is 0 Å². The lowest BCUT2D eigenvalue weighted by atomic mass is 10.0. The van der Waals surface area contributed by atoms with E-state index in [1.807, 2.05) is 5.38 Å². The molecule has 1 aromatic carbocycles. The largest absolute Gasteiger partial charge is 0.469 e. The first-order chi connectivity index (χ1) is 8.60. The normalized spacial score (nSPS) is 10.4. The number of carbonyl (C=O) groups is 1. The molecule has 0 aliphatic rings. The minimum atomic E-state index is -0.194. The SMILES string of the molecule is COC(=O)Cc1csc(-c2ccc(C)cc2C)c1. The van der Waals surface area contributed by atoms with Crippen molar-refractivity contribution in [1.29, 1.82) is 0 Å². The second kappa shape index (κ2) is 5.36. The molecule has 1 aromatic heterocycles. The van der Waals surface area contributed by atoms with E-state index in [4.69, 9.17) is 0 Å². The van der Waals surface area contributed by atoms with Gasteiger partial charge >= 0.3 is 5.97 Å². The summed E-state index contributed by atoms with van der Waals surface area (Å²) < 4.78 is 4.67. The van der Waals surface area contributed by atoms with Crippen molar-refractivity contribution in [2.75, 3.05) is 7.11 Å². The first-order valence-corrected chi connectivity index (χ1v) is 6.70. The van der Waals surface area contributed by atoms with Gasteiger partial charge in [-0.25, -0.2) is 0 Å². The number of aryl methyl sites for hydroxylation is 2. The topological polar surface area (TPSA) is 26.3 Å². The molecule has 0 unspecified atom stereocenters. The van der Waals surface area contributed by atoms with Crippen LogP contribution in [0.4, 0.5) is 0 Å². The van der Waals surface area contributed by atoms with Crippen LogP contribution in [0.1, 0.15) is 16.7 Å². The predicted octanol–water partition coefficient (Wildman–Crippen LogP) is 3.75. The van der Waals surface area contributed by atoms with Crippen molar-refractivity contribution in [2.45, 2.75) is 20.3 Å². The number of ether oxygens (including phenoxy) is 1. The van der Waals surface area contributed by atoms with E-state index in [1.54, 1.807) is 11.3 Å². The molecule has 0 bridgehead atoms. The maximum absolute atomic E-state index is 11.2. The number of carbonyl (C=O) groups excluding carboxylic acids is 1. The van der Waals surface area contributed by atoms with Gasteiger partial charge in [0.1, 0.15) is 0 Å².